The third-order valence-corrected chi connectivity index (χ3v) is 13.0. The highest BCUT2D eigenvalue weighted by molar-refractivity contribution is 7.26. The molecule has 12 aromatic rings. The predicted octanol–water partition coefficient (Wildman–Crippen LogP) is 15.0. The molecule has 0 radical (unpaired) electrons. The molecule has 65 heavy (non-hydrogen) atoms. The minimum absolute atomic E-state index is 0.225. The fourth-order valence-corrected chi connectivity index (χ4v) is 10.1. The zero-order chi connectivity index (χ0) is 43.8. The summed E-state index contributed by atoms with van der Waals surface area (Å²) < 4.78 is 61.2. The average Bonchev–Trinajstić information content (AvgIpc) is 3.72. The zero-order valence-corrected chi connectivity index (χ0v) is 34.7. The van der Waals surface area contributed by atoms with Crippen LogP contribution in [0.5, 0.6) is 0 Å². The lowest BCUT2D eigenvalue weighted by atomic mass is 9.92. The topological polar surface area (TPSA) is 64.5 Å². The van der Waals surface area contributed by atoms with Crippen molar-refractivity contribution < 1.29 is 17.6 Å². The lowest BCUT2D eigenvalue weighted by molar-refractivity contribution is 0.583. The van der Waals surface area contributed by atoms with E-state index < -0.39 is 23.3 Å². The second-order valence-corrected chi connectivity index (χ2v) is 16.9. The number of halogens is 4. The number of aromatic nitrogens is 5. The molecule has 0 aliphatic heterocycles. The molecule has 0 saturated heterocycles. The van der Waals surface area contributed by atoms with Crippen molar-refractivity contribution in [3.8, 4) is 67.8 Å². The maximum atomic E-state index is 14.8. The number of rotatable bonds is 6. The van der Waals surface area contributed by atoms with Crippen molar-refractivity contribution in [2.45, 2.75) is 0 Å². The van der Waals surface area contributed by atoms with Crippen LogP contribution in [-0.2, 0) is 0 Å². The van der Waals surface area contributed by atoms with Gasteiger partial charge in [-0.2, -0.15) is 0 Å². The average molecular weight is 868 g/mol. The van der Waals surface area contributed by atoms with Crippen molar-refractivity contribution in [1.29, 1.82) is 0 Å². The molecule has 0 amide bonds. The van der Waals surface area contributed by atoms with Gasteiger partial charge in [-0.3, -0.25) is 0 Å². The number of thiophene rings is 1. The third kappa shape index (κ3) is 6.83. The van der Waals surface area contributed by atoms with E-state index in [0.717, 1.165) is 75.7 Å². The summed E-state index contributed by atoms with van der Waals surface area (Å²) >= 11 is 1.64. The molecule has 0 bridgehead atoms. The van der Waals surface area contributed by atoms with E-state index in [9.17, 15) is 17.6 Å². The smallest absolute Gasteiger partial charge is 0.165 e. The van der Waals surface area contributed by atoms with Crippen molar-refractivity contribution >= 4 is 63.8 Å². The van der Waals surface area contributed by atoms with E-state index in [2.05, 4.69) is 64.6 Å². The molecule has 12 rings (SSSR count). The molecule has 10 heteroatoms. The van der Waals surface area contributed by atoms with Gasteiger partial charge in [0.15, 0.2) is 23.3 Å². The van der Waals surface area contributed by atoms with Gasteiger partial charge in [0.05, 0.1) is 0 Å². The minimum Gasteiger partial charge on any atom is -0.237 e. The molecule has 0 aliphatic rings. The first-order valence-corrected chi connectivity index (χ1v) is 21.5. The number of nitrogens with zero attached hydrogens (tertiary/aromatic N) is 5. The maximum Gasteiger partial charge on any atom is 0.165 e. The van der Waals surface area contributed by atoms with Crippen molar-refractivity contribution in [3.63, 3.8) is 0 Å². The predicted molar refractivity (Wildman–Crippen MR) is 253 cm³/mol. The minimum atomic E-state index is -0.772. The highest BCUT2D eigenvalue weighted by Gasteiger charge is 2.20. The summed E-state index contributed by atoms with van der Waals surface area (Å²) in [6, 6.07) is 48.3. The van der Waals surface area contributed by atoms with Gasteiger partial charge in [-0.25, -0.2) is 42.5 Å². The van der Waals surface area contributed by atoms with Crippen molar-refractivity contribution in [3.05, 3.63) is 199 Å². The standard InChI is InChI=1S/C55H29F4N5S/c56-37-22-34(23-38(57)28-37)32-19-33(35-24-39(58)29-40(59)25-35)21-36(20-32)54-62-53(63-55(64-54)47-11-5-10-46-45-9-3-4-12-50(45)65-51(46)47)31-14-15-43-41-7-1-2-8-42(41)48-26-30(52-60-17-6-18-61-52)13-16-44(48)49(43)27-31/h1-29H. The Morgan fingerprint density at radius 3 is 1.40 bits per heavy atom. The lowest BCUT2D eigenvalue weighted by Gasteiger charge is -2.14. The molecule has 3 heterocycles. The normalized spacial score (nSPS) is 11.7. The Balaban J connectivity index is 1.12. The third-order valence-electron chi connectivity index (χ3n) is 11.8. The van der Waals surface area contributed by atoms with Crippen LogP contribution in [0.1, 0.15) is 0 Å². The summed E-state index contributed by atoms with van der Waals surface area (Å²) in [5.74, 6) is -1.44. The van der Waals surface area contributed by atoms with Gasteiger partial charge < -0.3 is 0 Å². The van der Waals surface area contributed by atoms with E-state index in [4.69, 9.17) is 15.0 Å². The van der Waals surface area contributed by atoms with Gasteiger partial charge >= 0.3 is 0 Å². The Bertz CT molecular complexity index is 3800. The molecule has 0 saturated carbocycles. The van der Waals surface area contributed by atoms with Crippen LogP contribution in [-0.4, -0.2) is 24.9 Å². The Kier molecular flexibility index (Phi) is 9.03. The van der Waals surface area contributed by atoms with Crippen LogP contribution in [0.3, 0.4) is 0 Å². The summed E-state index contributed by atoms with van der Waals surface area (Å²) in [5, 5.41) is 8.43. The van der Waals surface area contributed by atoms with E-state index in [1.807, 2.05) is 48.5 Å². The van der Waals surface area contributed by atoms with Gasteiger partial charge in [0.1, 0.15) is 23.3 Å². The molecule has 0 spiro atoms. The second kappa shape index (κ2) is 15.3. The van der Waals surface area contributed by atoms with Gasteiger partial charge in [-0.05, 0) is 127 Å². The summed E-state index contributed by atoms with van der Waals surface area (Å²) in [6.07, 6.45) is 3.46. The number of hydrogen-bond donors (Lipinski definition) is 0. The first-order chi connectivity index (χ1) is 31.8. The highest BCUT2D eigenvalue weighted by Crippen LogP contribution is 2.42. The van der Waals surface area contributed by atoms with E-state index >= 15 is 0 Å². The first-order valence-electron chi connectivity index (χ1n) is 20.7. The van der Waals surface area contributed by atoms with Gasteiger partial charge in [0, 0.05) is 67.0 Å². The summed E-state index contributed by atoms with van der Waals surface area (Å²) in [7, 11) is 0. The number of fused-ring (bicyclic) bond motifs is 9. The molecular formula is C55H29F4N5S. The molecule has 0 fully saturated rings. The van der Waals surface area contributed by atoms with E-state index in [0.29, 0.717) is 39.7 Å². The fraction of sp³-hybridized carbons (Fsp3) is 0. The second-order valence-electron chi connectivity index (χ2n) is 15.8. The Labute approximate surface area is 372 Å². The Morgan fingerprint density at radius 1 is 0.308 bits per heavy atom. The van der Waals surface area contributed by atoms with Gasteiger partial charge in [0.25, 0.3) is 0 Å². The number of hydrogen-bond acceptors (Lipinski definition) is 6. The van der Waals surface area contributed by atoms with Crippen LogP contribution in [0.15, 0.2) is 176 Å². The highest BCUT2D eigenvalue weighted by atomic mass is 32.1. The molecule has 3 aromatic heterocycles. The molecule has 0 aliphatic carbocycles. The number of benzene rings is 9. The molecule has 0 N–H and O–H groups in total. The van der Waals surface area contributed by atoms with Crippen LogP contribution in [0.4, 0.5) is 17.6 Å². The van der Waals surface area contributed by atoms with Crippen molar-refractivity contribution in [1.82, 2.24) is 24.9 Å². The molecule has 0 unspecified atom stereocenters. The van der Waals surface area contributed by atoms with Gasteiger partial charge in [-0.15, -0.1) is 11.3 Å². The van der Waals surface area contributed by atoms with Gasteiger partial charge in [0.2, 0.25) is 0 Å². The molecule has 9 aromatic carbocycles. The fourth-order valence-electron chi connectivity index (χ4n) is 8.89. The first kappa shape index (κ1) is 38.5. The Hall–Kier alpha value is -8.21. The van der Waals surface area contributed by atoms with E-state index in [1.54, 1.807) is 48.0 Å². The largest absolute Gasteiger partial charge is 0.237 e. The summed E-state index contributed by atoms with van der Waals surface area (Å²) in [6.45, 7) is 0. The molecule has 308 valence electrons. The quantitative estimate of drug-likeness (QED) is 0.123. The van der Waals surface area contributed by atoms with E-state index in [1.165, 1.54) is 24.3 Å². The summed E-state index contributed by atoms with van der Waals surface area (Å²) in [4.78, 5) is 24.5. The van der Waals surface area contributed by atoms with Crippen LogP contribution >= 0.6 is 11.3 Å². The van der Waals surface area contributed by atoms with Crippen LogP contribution < -0.4 is 0 Å². The SMILES string of the molecule is Fc1cc(F)cc(-c2cc(-c3cc(F)cc(F)c3)cc(-c3nc(-c4ccc5c6ccccc6c6cc(-c7ncccn7)ccc6c5c4)nc(-c4cccc5c4sc4ccccc45)n3)c2)c1. The van der Waals surface area contributed by atoms with Crippen molar-refractivity contribution in [2.24, 2.45) is 0 Å². The maximum absolute atomic E-state index is 14.8. The monoisotopic (exact) mass is 867 g/mol. The van der Waals surface area contributed by atoms with E-state index in [-0.39, 0.29) is 17.0 Å². The lowest BCUT2D eigenvalue weighted by Crippen LogP contribution is -2.01. The van der Waals surface area contributed by atoms with Crippen molar-refractivity contribution in [2.75, 3.05) is 0 Å². The summed E-state index contributed by atoms with van der Waals surface area (Å²) in [5.41, 5.74) is 4.06. The zero-order valence-electron chi connectivity index (χ0n) is 33.9. The van der Waals surface area contributed by atoms with Crippen LogP contribution in [0.25, 0.3) is 120 Å². The van der Waals surface area contributed by atoms with Crippen LogP contribution in [0, 0.1) is 23.3 Å². The van der Waals surface area contributed by atoms with Gasteiger partial charge in [-0.1, -0.05) is 78.9 Å². The molecular weight excluding hydrogens is 839 g/mol. The Morgan fingerprint density at radius 2 is 0.769 bits per heavy atom. The molecule has 5 nitrogen and oxygen atoms in total. The molecule has 0 atom stereocenters. The van der Waals surface area contributed by atoms with Crippen LogP contribution in [0.2, 0.25) is 0 Å².